The van der Waals surface area contributed by atoms with E-state index in [9.17, 15) is 9.59 Å². The Morgan fingerprint density at radius 2 is 1.96 bits per heavy atom. The summed E-state index contributed by atoms with van der Waals surface area (Å²) in [4.78, 5) is 25.7. The van der Waals surface area contributed by atoms with Crippen molar-refractivity contribution in [1.82, 2.24) is 4.90 Å². The van der Waals surface area contributed by atoms with Crippen LogP contribution >= 0.6 is 0 Å². The van der Waals surface area contributed by atoms with E-state index in [4.69, 9.17) is 14.2 Å². The summed E-state index contributed by atoms with van der Waals surface area (Å²) in [5.41, 5.74) is 1.08. The highest BCUT2D eigenvalue weighted by atomic mass is 16.7. The van der Waals surface area contributed by atoms with Gasteiger partial charge in [0.15, 0.2) is 5.79 Å². The number of nitrogens with zero attached hydrogens (tertiary/aromatic N) is 1. The fourth-order valence-corrected chi connectivity index (χ4v) is 3.18. The summed E-state index contributed by atoms with van der Waals surface area (Å²) in [5.74, 6) is -0.796. The lowest BCUT2D eigenvalue weighted by Gasteiger charge is -2.23. The number of rotatable bonds is 6. The highest BCUT2D eigenvalue weighted by Crippen LogP contribution is 2.26. The first kappa shape index (κ1) is 16.9. The summed E-state index contributed by atoms with van der Waals surface area (Å²) < 4.78 is 16.1. The van der Waals surface area contributed by atoms with E-state index in [0.717, 1.165) is 5.56 Å². The lowest BCUT2D eigenvalue weighted by Crippen LogP contribution is -2.40. The van der Waals surface area contributed by atoms with Crippen molar-refractivity contribution < 1.29 is 23.8 Å². The largest absolute Gasteiger partial charge is 0.447 e. The van der Waals surface area contributed by atoms with Crippen LogP contribution < -0.4 is 0 Å². The second-order valence-corrected chi connectivity index (χ2v) is 6.37. The molecule has 0 aliphatic carbocycles. The number of carbonyl (C=O) groups is 2. The molecule has 0 N–H and O–H groups in total. The molecular formula is C18H23NO5. The smallest absolute Gasteiger partial charge is 0.416 e. The van der Waals surface area contributed by atoms with Crippen LogP contribution in [0.5, 0.6) is 0 Å². The van der Waals surface area contributed by atoms with Crippen molar-refractivity contribution in [1.29, 1.82) is 0 Å². The summed E-state index contributed by atoms with van der Waals surface area (Å²) in [6, 6.07) is 9.57. The Kier molecular flexibility index (Phi) is 5.16. The molecule has 1 aromatic rings. The molecule has 2 heterocycles. The molecular weight excluding hydrogens is 310 g/mol. The molecule has 0 spiro atoms. The van der Waals surface area contributed by atoms with Crippen LogP contribution in [0.15, 0.2) is 30.3 Å². The molecule has 2 saturated heterocycles. The minimum absolute atomic E-state index is 0.194. The van der Waals surface area contributed by atoms with Crippen LogP contribution in [0.3, 0.4) is 0 Å². The Balaban J connectivity index is 1.54. The van der Waals surface area contributed by atoms with Gasteiger partial charge >= 0.3 is 6.09 Å². The third kappa shape index (κ3) is 3.94. The Morgan fingerprint density at radius 1 is 1.25 bits per heavy atom. The molecule has 0 radical (unpaired) electrons. The third-order valence-corrected chi connectivity index (χ3v) is 4.46. The summed E-state index contributed by atoms with van der Waals surface area (Å²) in [5, 5.41) is 0. The first-order valence-electron chi connectivity index (χ1n) is 8.38. The van der Waals surface area contributed by atoms with Crippen LogP contribution in [0.4, 0.5) is 4.79 Å². The Bertz CT molecular complexity index is 582. The molecule has 1 aromatic carbocycles. The van der Waals surface area contributed by atoms with Gasteiger partial charge < -0.3 is 14.2 Å². The van der Waals surface area contributed by atoms with Gasteiger partial charge in [0.1, 0.15) is 6.61 Å². The van der Waals surface area contributed by atoms with Crippen molar-refractivity contribution >= 4 is 12.0 Å². The third-order valence-electron chi connectivity index (χ3n) is 4.46. The fourth-order valence-electron chi connectivity index (χ4n) is 3.18. The number of benzene rings is 1. The number of ether oxygens (including phenoxy) is 3. The van der Waals surface area contributed by atoms with Gasteiger partial charge in [-0.2, -0.15) is 0 Å². The minimum atomic E-state index is -0.602. The van der Waals surface area contributed by atoms with Gasteiger partial charge in [-0.15, -0.1) is 0 Å². The summed E-state index contributed by atoms with van der Waals surface area (Å²) >= 11 is 0. The van der Waals surface area contributed by atoms with Gasteiger partial charge in [-0.25, -0.2) is 9.69 Å². The van der Waals surface area contributed by atoms with Crippen molar-refractivity contribution in [2.45, 2.75) is 44.4 Å². The molecule has 2 amide bonds. The molecule has 1 atom stereocenters. The lowest BCUT2D eigenvalue weighted by molar-refractivity contribution is -0.149. The first-order valence-corrected chi connectivity index (χ1v) is 8.38. The number of carbonyl (C=O) groups excluding carboxylic acids is 2. The van der Waals surface area contributed by atoms with E-state index >= 15 is 0 Å². The average Bonchev–Trinajstić information content (AvgIpc) is 3.15. The van der Waals surface area contributed by atoms with E-state index in [1.165, 1.54) is 4.90 Å². The SMILES string of the molecule is CC1(CCCC(=O)N2C(=O)OC[C@H]2Cc2ccccc2)OCCO1. The predicted octanol–water partition coefficient (Wildman–Crippen LogP) is 2.51. The number of amides is 2. The molecule has 6 nitrogen and oxygen atoms in total. The van der Waals surface area contributed by atoms with Gasteiger partial charge in [0, 0.05) is 12.8 Å². The highest BCUT2D eigenvalue weighted by molar-refractivity contribution is 5.93. The van der Waals surface area contributed by atoms with Gasteiger partial charge in [0.05, 0.1) is 19.3 Å². The van der Waals surface area contributed by atoms with E-state index in [-0.39, 0.29) is 25.0 Å². The van der Waals surface area contributed by atoms with Crippen molar-refractivity contribution in [3.63, 3.8) is 0 Å². The zero-order valence-electron chi connectivity index (χ0n) is 13.9. The molecule has 2 aliphatic rings. The van der Waals surface area contributed by atoms with Crippen LogP contribution in [-0.2, 0) is 25.4 Å². The molecule has 0 bridgehead atoms. The van der Waals surface area contributed by atoms with E-state index in [0.29, 0.717) is 32.5 Å². The van der Waals surface area contributed by atoms with Gasteiger partial charge in [-0.3, -0.25) is 4.79 Å². The number of imide groups is 1. The molecule has 0 unspecified atom stereocenters. The maximum Gasteiger partial charge on any atom is 0.416 e. The second-order valence-electron chi connectivity index (χ2n) is 6.37. The van der Waals surface area contributed by atoms with Crippen molar-refractivity contribution in [2.24, 2.45) is 0 Å². The minimum Gasteiger partial charge on any atom is -0.447 e. The normalized spacial score (nSPS) is 22.6. The standard InChI is InChI=1S/C18H23NO5/c1-18(23-10-11-24-18)9-5-8-16(20)19-15(13-22-17(19)21)12-14-6-3-2-4-7-14/h2-4,6-7,15H,5,8-13H2,1H3/t15-/m1/s1. The van der Waals surface area contributed by atoms with Gasteiger partial charge in [0.25, 0.3) is 0 Å². The Morgan fingerprint density at radius 3 is 2.67 bits per heavy atom. The van der Waals surface area contributed by atoms with E-state index in [1.807, 2.05) is 37.3 Å². The topological polar surface area (TPSA) is 65.1 Å². The zero-order chi connectivity index (χ0) is 17.0. The van der Waals surface area contributed by atoms with Crippen molar-refractivity contribution in [3.8, 4) is 0 Å². The van der Waals surface area contributed by atoms with Crippen molar-refractivity contribution in [2.75, 3.05) is 19.8 Å². The molecule has 2 fully saturated rings. The molecule has 24 heavy (non-hydrogen) atoms. The monoisotopic (exact) mass is 333 g/mol. The van der Waals surface area contributed by atoms with E-state index < -0.39 is 11.9 Å². The predicted molar refractivity (Wildman–Crippen MR) is 86.3 cm³/mol. The fraction of sp³-hybridized carbons (Fsp3) is 0.556. The molecule has 130 valence electrons. The number of hydrogen-bond acceptors (Lipinski definition) is 5. The summed E-state index contributed by atoms with van der Waals surface area (Å²) in [7, 11) is 0. The maximum absolute atomic E-state index is 12.5. The van der Waals surface area contributed by atoms with E-state index in [2.05, 4.69) is 0 Å². The number of hydrogen-bond donors (Lipinski definition) is 0. The summed E-state index contributed by atoms with van der Waals surface area (Å²) in [6.45, 7) is 3.31. The molecule has 0 aromatic heterocycles. The first-order chi connectivity index (χ1) is 11.6. The van der Waals surface area contributed by atoms with Crippen LogP contribution in [0.25, 0.3) is 0 Å². The van der Waals surface area contributed by atoms with Gasteiger partial charge in [0.2, 0.25) is 5.91 Å². The summed E-state index contributed by atoms with van der Waals surface area (Å²) in [6.07, 6.45) is 1.59. The quantitative estimate of drug-likeness (QED) is 0.800. The zero-order valence-corrected chi connectivity index (χ0v) is 13.9. The lowest BCUT2D eigenvalue weighted by atomic mass is 10.0. The molecule has 6 heteroatoms. The van der Waals surface area contributed by atoms with Crippen LogP contribution in [0, 0.1) is 0 Å². The van der Waals surface area contributed by atoms with Crippen molar-refractivity contribution in [3.05, 3.63) is 35.9 Å². The number of cyclic esters (lactones) is 1. The average molecular weight is 333 g/mol. The highest BCUT2D eigenvalue weighted by Gasteiger charge is 2.38. The van der Waals surface area contributed by atoms with Crippen LogP contribution in [0.2, 0.25) is 0 Å². The molecule has 0 saturated carbocycles. The second kappa shape index (κ2) is 7.32. The molecule has 3 rings (SSSR count). The van der Waals surface area contributed by atoms with Gasteiger partial charge in [-0.05, 0) is 25.3 Å². The van der Waals surface area contributed by atoms with Gasteiger partial charge in [-0.1, -0.05) is 30.3 Å². The Hall–Kier alpha value is -1.92. The molecule has 2 aliphatic heterocycles. The maximum atomic E-state index is 12.5. The Labute approximate surface area is 141 Å². The van der Waals surface area contributed by atoms with Crippen LogP contribution in [-0.4, -0.2) is 48.5 Å². The van der Waals surface area contributed by atoms with E-state index in [1.54, 1.807) is 0 Å². The van der Waals surface area contributed by atoms with Crippen LogP contribution in [0.1, 0.15) is 31.7 Å².